The molecule has 0 bridgehead atoms. The van der Waals surface area contributed by atoms with Crippen LogP contribution in [0.15, 0.2) is 71.6 Å². The lowest BCUT2D eigenvalue weighted by Crippen LogP contribution is -2.48. The van der Waals surface area contributed by atoms with Crippen LogP contribution in [0.5, 0.6) is 5.75 Å². The van der Waals surface area contributed by atoms with E-state index in [9.17, 15) is 13.2 Å². The number of benzene rings is 3. The monoisotopic (exact) mass is 452 g/mol. The van der Waals surface area contributed by atoms with Crippen LogP contribution in [0.4, 0.5) is 0 Å². The summed E-state index contributed by atoms with van der Waals surface area (Å²) in [5, 5.41) is 4.38. The van der Waals surface area contributed by atoms with Crippen LogP contribution in [0, 0.1) is 0 Å². The molecule has 1 aliphatic heterocycles. The number of rotatable bonds is 7. The van der Waals surface area contributed by atoms with Crippen molar-refractivity contribution in [3.63, 3.8) is 0 Å². The van der Waals surface area contributed by atoms with Gasteiger partial charge in [0.2, 0.25) is 15.9 Å². The van der Waals surface area contributed by atoms with Gasteiger partial charge in [0.1, 0.15) is 11.8 Å². The fourth-order valence-electron chi connectivity index (χ4n) is 4.15. The Morgan fingerprint density at radius 3 is 2.53 bits per heavy atom. The molecular formula is C25H28N2O4S. The van der Waals surface area contributed by atoms with E-state index in [-0.39, 0.29) is 17.3 Å². The van der Waals surface area contributed by atoms with E-state index >= 15 is 0 Å². The minimum Gasteiger partial charge on any atom is -0.494 e. The maximum atomic E-state index is 14.0. The van der Waals surface area contributed by atoms with Gasteiger partial charge in [-0.3, -0.25) is 4.79 Å². The molecule has 0 spiro atoms. The molecule has 3 aromatic rings. The SMILES string of the molecule is CCOc1ccc(CN(C2CCCCNC2=O)S(=O)(=O)c2cccc3ccccc23)cc1. The molecule has 1 atom stereocenters. The van der Waals surface area contributed by atoms with Gasteiger partial charge in [-0.05, 0) is 55.3 Å². The lowest BCUT2D eigenvalue weighted by atomic mass is 10.1. The third-order valence-corrected chi connectivity index (χ3v) is 7.68. The van der Waals surface area contributed by atoms with Crippen molar-refractivity contribution in [3.8, 4) is 5.75 Å². The van der Waals surface area contributed by atoms with Crippen molar-refractivity contribution in [2.75, 3.05) is 13.2 Å². The predicted molar refractivity (Wildman–Crippen MR) is 125 cm³/mol. The molecule has 0 aliphatic carbocycles. The van der Waals surface area contributed by atoms with Gasteiger partial charge in [0.05, 0.1) is 11.5 Å². The Hall–Kier alpha value is -2.90. The molecule has 7 heteroatoms. The topological polar surface area (TPSA) is 75.7 Å². The highest BCUT2D eigenvalue weighted by atomic mass is 32.2. The fourth-order valence-corrected chi connectivity index (χ4v) is 5.97. The predicted octanol–water partition coefficient (Wildman–Crippen LogP) is 4.10. The van der Waals surface area contributed by atoms with Crippen LogP contribution < -0.4 is 10.1 Å². The first-order chi connectivity index (χ1) is 15.5. The second kappa shape index (κ2) is 9.71. The molecule has 1 unspecified atom stereocenters. The zero-order valence-electron chi connectivity index (χ0n) is 18.2. The molecule has 1 saturated heterocycles. The molecule has 6 nitrogen and oxygen atoms in total. The number of ether oxygens (including phenoxy) is 1. The van der Waals surface area contributed by atoms with Gasteiger partial charge < -0.3 is 10.1 Å². The fraction of sp³-hybridized carbons (Fsp3) is 0.320. The molecule has 1 fully saturated rings. The van der Waals surface area contributed by atoms with Crippen LogP contribution in [0.3, 0.4) is 0 Å². The van der Waals surface area contributed by atoms with Gasteiger partial charge in [0.15, 0.2) is 0 Å². The zero-order valence-corrected chi connectivity index (χ0v) is 19.0. The Morgan fingerprint density at radius 1 is 1.00 bits per heavy atom. The summed E-state index contributed by atoms with van der Waals surface area (Å²) in [6.45, 7) is 3.15. The molecular weight excluding hydrogens is 424 g/mol. The van der Waals surface area contributed by atoms with Crippen LogP contribution >= 0.6 is 0 Å². The number of sulfonamides is 1. The van der Waals surface area contributed by atoms with E-state index in [4.69, 9.17) is 4.74 Å². The lowest BCUT2D eigenvalue weighted by molar-refractivity contribution is -0.124. The summed E-state index contributed by atoms with van der Waals surface area (Å²) in [5.41, 5.74) is 0.800. The van der Waals surface area contributed by atoms with Crippen molar-refractivity contribution in [2.45, 2.75) is 43.7 Å². The van der Waals surface area contributed by atoms with Crippen molar-refractivity contribution < 1.29 is 17.9 Å². The van der Waals surface area contributed by atoms with E-state index in [1.165, 1.54) is 4.31 Å². The smallest absolute Gasteiger partial charge is 0.244 e. The maximum absolute atomic E-state index is 14.0. The highest BCUT2D eigenvalue weighted by molar-refractivity contribution is 7.89. The first kappa shape index (κ1) is 22.3. The third-order valence-electron chi connectivity index (χ3n) is 5.76. The average Bonchev–Trinajstić information content (AvgIpc) is 3.02. The first-order valence-electron chi connectivity index (χ1n) is 11.0. The minimum absolute atomic E-state index is 0.107. The van der Waals surface area contributed by atoms with Gasteiger partial charge in [0, 0.05) is 18.5 Å². The second-order valence-electron chi connectivity index (χ2n) is 7.91. The number of nitrogens with one attached hydrogen (secondary N) is 1. The lowest BCUT2D eigenvalue weighted by Gasteiger charge is -2.29. The Labute approximate surface area is 189 Å². The average molecular weight is 453 g/mol. The molecule has 0 radical (unpaired) electrons. The third kappa shape index (κ3) is 4.64. The van der Waals surface area contributed by atoms with Gasteiger partial charge in [-0.15, -0.1) is 0 Å². The molecule has 32 heavy (non-hydrogen) atoms. The van der Waals surface area contributed by atoms with E-state index in [1.54, 1.807) is 12.1 Å². The van der Waals surface area contributed by atoms with Crippen molar-refractivity contribution in [2.24, 2.45) is 0 Å². The van der Waals surface area contributed by atoms with E-state index in [0.717, 1.165) is 29.5 Å². The number of fused-ring (bicyclic) bond motifs is 1. The van der Waals surface area contributed by atoms with Gasteiger partial charge in [-0.2, -0.15) is 4.31 Å². The number of hydrogen-bond acceptors (Lipinski definition) is 4. The molecule has 0 aromatic heterocycles. The van der Waals surface area contributed by atoms with Gasteiger partial charge in [0.25, 0.3) is 0 Å². The van der Waals surface area contributed by atoms with Crippen LogP contribution in [-0.4, -0.2) is 37.8 Å². The molecule has 3 aromatic carbocycles. The molecule has 1 heterocycles. The summed E-state index contributed by atoms with van der Waals surface area (Å²) in [6.07, 6.45) is 2.12. The highest BCUT2D eigenvalue weighted by Crippen LogP contribution is 2.30. The van der Waals surface area contributed by atoms with E-state index in [1.807, 2.05) is 61.5 Å². The molecule has 168 valence electrons. The Kier molecular flexibility index (Phi) is 6.77. The maximum Gasteiger partial charge on any atom is 0.244 e. The summed E-state index contributed by atoms with van der Waals surface area (Å²) in [4.78, 5) is 13.1. The number of amides is 1. The summed E-state index contributed by atoms with van der Waals surface area (Å²) in [7, 11) is -3.95. The number of hydrogen-bond donors (Lipinski definition) is 1. The summed E-state index contributed by atoms with van der Waals surface area (Å²) < 4.78 is 34.9. The van der Waals surface area contributed by atoms with Gasteiger partial charge in [-0.25, -0.2) is 8.42 Å². The van der Waals surface area contributed by atoms with Crippen molar-refractivity contribution in [1.29, 1.82) is 0 Å². The van der Waals surface area contributed by atoms with Crippen LogP contribution in [0.1, 0.15) is 31.7 Å². The first-order valence-corrected chi connectivity index (χ1v) is 12.4. The van der Waals surface area contributed by atoms with Crippen LogP contribution in [-0.2, 0) is 21.4 Å². The van der Waals surface area contributed by atoms with Crippen molar-refractivity contribution >= 4 is 26.7 Å². The zero-order chi connectivity index (χ0) is 22.6. The second-order valence-corrected chi connectivity index (χ2v) is 9.77. The largest absolute Gasteiger partial charge is 0.494 e. The quantitative estimate of drug-likeness (QED) is 0.586. The molecule has 0 saturated carbocycles. The number of carbonyl (C=O) groups is 1. The van der Waals surface area contributed by atoms with Crippen molar-refractivity contribution in [1.82, 2.24) is 9.62 Å². The van der Waals surface area contributed by atoms with E-state index < -0.39 is 16.1 Å². The van der Waals surface area contributed by atoms with E-state index in [2.05, 4.69) is 5.32 Å². The Bertz CT molecular complexity index is 1190. The Balaban J connectivity index is 1.77. The number of carbonyl (C=O) groups excluding carboxylic acids is 1. The van der Waals surface area contributed by atoms with Gasteiger partial charge in [-0.1, -0.05) is 48.5 Å². The summed E-state index contributed by atoms with van der Waals surface area (Å²) >= 11 is 0. The van der Waals surface area contributed by atoms with E-state index in [0.29, 0.717) is 25.0 Å². The van der Waals surface area contributed by atoms with Crippen molar-refractivity contribution in [3.05, 3.63) is 72.3 Å². The molecule has 1 aliphatic rings. The standard InChI is InChI=1S/C25H28N2O4S/c1-2-31-21-15-13-19(14-16-21)18-27(23-11-5-6-17-26-25(23)28)32(29,30)24-12-7-9-20-8-3-4-10-22(20)24/h3-4,7-10,12-16,23H,2,5-6,11,17-18H2,1H3,(H,26,28). The van der Waals surface area contributed by atoms with Gasteiger partial charge >= 0.3 is 0 Å². The summed E-state index contributed by atoms with van der Waals surface area (Å²) in [6, 6.07) is 19.3. The number of nitrogens with zero attached hydrogens (tertiary/aromatic N) is 1. The minimum atomic E-state index is -3.95. The Morgan fingerprint density at radius 2 is 1.75 bits per heavy atom. The normalized spacial score (nSPS) is 17.2. The highest BCUT2D eigenvalue weighted by Gasteiger charge is 2.37. The summed E-state index contributed by atoms with van der Waals surface area (Å²) in [5.74, 6) is 0.490. The molecule has 1 N–H and O–H groups in total. The van der Waals surface area contributed by atoms with Crippen LogP contribution in [0.2, 0.25) is 0 Å². The molecule has 4 rings (SSSR count). The van der Waals surface area contributed by atoms with Crippen LogP contribution in [0.25, 0.3) is 10.8 Å². The molecule has 1 amide bonds.